The van der Waals surface area contributed by atoms with Crippen molar-refractivity contribution in [2.24, 2.45) is 5.41 Å². The third-order valence-electron chi connectivity index (χ3n) is 3.11. The summed E-state index contributed by atoms with van der Waals surface area (Å²) in [5.41, 5.74) is 0.504. The van der Waals surface area contributed by atoms with Crippen LogP contribution in [0.25, 0.3) is 0 Å². The van der Waals surface area contributed by atoms with Crippen molar-refractivity contribution >= 4 is 21.6 Å². The number of carbonyl (C=O) groups excluding carboxylic acids is 1. The number of nitrogens with one attached hydrogen (secondary N) is 2. The Kier molecular flexibility index (Phi) is 6.14. The summed E-state index contributed by atoms with van der Waals surface area (Å²) >= 11 is 0. The van der Waals surface area contributed by atoms with E-state index in [0.717, 1.165) is 6.42 Å². The molecule has 0 spiro atoms. The summed E-state index contributed by atoms with van der Waals surface area (Å²) < 4.78 is 26.8. The lowest BCUT2D eigenvalue weighted by Gasteiger charge is -2.17. The standard InChI is InChI=1S/C16H26N2O3S/c1-6-12(2)18-22(20,21)14-9-7-13(8-10-14)17-15(19)11-16(3,4)5/h7-10,12,18H,6,11H2,1-5H3,(H,17,19). The first-order chi connectivity index (χ1) is 10.0. The highest BCUT2D eigenvalue weighted by Crippen LogP contribution is 2.20. The van der Waals surface area contributed by atoms with E-state index < -0.39 is 10.0 Å². The second-order valence-electron chi connectivity index (χ2n) is 6.74. The maximum absolute atomic E-state index is 12.1. The van der Waals surface area contributed by atoms with Crippen molar-refractivity contribution in [3.8, 4) is 0 Å². The van der Waals surface area contributed by atoms with Crippen molar-refractivity contribution in [3.05, 3.63) is 24.3 Å². The fourth-order valence-electron chi connectivity index (χ4n) is 1.82. The molecule has 0 radical (unpaired) electrons. The van der Waals surface area contributed by atoms with Gasteiger partial charge in [-0.25, -0.2) is 13.1 Å². The maximum Gasteiger partial charge on any atom is 0.240 e. The average Bonchev–Trinajstić information content (AvgIpc) is 2.36. The molecule has 22 heavy (non-hydrogen) atoms. The van der Waals surface area contributed by atoms with Gasteiger partial charge in [-0.05, 0) is 43.0 Å². The Morgan fingerprint density at radius 2 is 1.73 bits per heavy atom. The molecule has 0 aromatic heterocycles. The minimum absolute atomic E-state index is 0.0826. The highest BCUT2D eigenvalue weighted by Gasteiger charge is 2.18. The molecule has 0 bridgehead atoms. The molecule has 6 heteroatoms. The Balaban J connectivity index is 2.77. The largest absolute Gasteiger partial charge is 0.326 e. The first-order valence-electron chi connectivity index (χ1n) is 7.46. The van der Waals surface area contributed by atoms with Gasteiger partial charge in [0.1, 0.15) is 0 Å². The van der Waals surface area contributed by atoms with Crippen LogP contribution in [0.15, 0.2) is 29.2 Å². The Morgan fingerprint density at radius 3 is 2.18 bits per heavy atom. The fraction of sp³-hybridized carbons (Fsp3) is 0.562. The van der Waals surface area contributed by atoms with Gasteiger partial charge in [0.25, 0.3) is 0 Å². The first kappa shape index (κ1) is 18.6. The normalized spacial score (nSPS) is 13.7. The number of sulfonamides is 1. The van der Waals surface area contributed by atoms with Crippen molar-refractivity contribution in [2.75, 3.05) is 5.32 Å². The van der Waals surface area contributed by atoms with E-state index in [9.17, 15) is 13.2 Å². The Bertz CT molecular complexity index is 601. The lowest BCUT2D eigenvalue weighted by Crippen LogP contribution is -2.31. The van der Waals surface area contributed by atoms with Gasteiger partial charge < -0.3 is 5.32 Å². The highest BCUT2D eigenvalue weighted by molar-refractivity contribution is 7.89. The van der Waals surface area contributed by atoms with E-state index in [-0.39, 0.29) is 22.3 Å². The van der Waals surface area contributed by atoms with E-state index >= 15 is 0 Å². The van der Waals surface area contributed by atoms with E-state index in [0.29, 0.717) is 12.1 Å². The van der Waals surface area contributed by atoms with E-state index in [4.69, 9.17) is 0 Å². The molecule has 0 fully saturated rings. The lowest BCUT2D eigenvalue weighted by molar-refractivity contribution is -0.117. The van der Waals surface area contributed by atoms with Crippen LogP contribution in [0.4, 0.5) is 5.69 Å². The van der Waals surface area contributed by atoms with Crippen molar-refractivity contribution in [1.82, 2.24) is 4.72 Å². The van der Waals surface area contributed by atoms with Crippen LogP contribution in [-0.4, -0.2) is 20.4 Å². The minimum atomic E-state index is -3.51. The number of amides is 1. The zero-order valence-electron chi connectivity index (χ0n) is 13.9. The van der Waals surface area contributed by atoms with Crippen molar-refractivity contribution < 1.29 is 13.2 Å². The van der Waals surface area contributed by atoms with E-state index in [2.05, 4.69) is 10.0 Å². The number of benzene rings is 1. The number of anilines is 1. The Hall–Kier alpha value is -1.40. The molecule has 2 N–H and O–H groups in total. The van der Waals surface area contributed by atoms with E-state index in [1.165, 1.54) is 12.1 Å². The number of carbonyl (C=O) groups is 1. The molecule has 1 atom stereocenters. The van der Waals surface area contributed by atoms with Crippen molar-refractivity contribution in [1.29, 1.82) is 0 Å². The summed E-state index contributed by atoms with van der Waals surface area (Å²) in [5, 5.41) is 2.77. The second-order valence-corrected chi connectivity index (χ2v) is 8.45. The van der Waals surface area contributed by atoms with Crippen LogP contribution >= 0.6 is 0 Å². The van der Waals surface area contributed by atoms with Crippen LogP contribution in [-0.2, 0) is 14.8 Å². The predicted molar refractivity (Wildman–Crippen MR) is 89.2 cm³/mol. The maximum atomic E-state index is 12.1. The van der Waals surface area contributed by atoms with Crippen molar-refractivity contribution in [2.45, 2.75) is 58.4 Å². The zero-order valence-corrected chi connectivity index (χ0v) is 14.8. The molecule has 0 saturated carbocycles. The number of hydrogen-bond acceptors (Lipinski definition) is 3. The minimum Gasteiger partial charge on any atom is -0.326 e. The lowest BCUT2D eigenvalue weighted by atomic mass is 9.92. The number of hydrogen-bond donors (Lipinski definition) is 2. The molecule has 0 aliphatic carbocycles. The zero-order chi connectivity index (χ0) is 17.0. The summed E-state index contributed by atoms with van der Waals surface area (Å²) in [4.78, 5) is 12.0. The summed E-state index contributed by atoms with van der Waals surface area (Å²) in [6, 6.07) is 6.09. The molecule has 1 aromatic rings. The van der Waals surface area contributed by atoms with Gasteiger partial charge in [0, 0.05) is 18.2 Å². The van der Waals surface area contributed by atoms with Gasteiger partial charge in [0.2, 0.25) is 15.9 Å². The molecule has 1 rings (SSSR count). The van der Waals surface area contributed by atoms with Crippen LogP contribution in [0.3, 0.4) is 0 Å². The van der Waals surface area contributed by atoms with E-state index in [1.807, 2.05) is 34.6 Å². The SMILES string of the molecule is CCC(C)NS(=O)(=O)c1ccc(NC(=O)CC(C)(C)C)cc1. The fourth-order valence-corrected chi connectivity index (χ4v) is 3.15. The summed E-state index contributed by atoms with van der Waals surface area (Å²) in [6.45, 7) is 9.70. The third kappa shape index (κ3) is 6.15. The van der Waals surface area contributed by atoms with Gasteiger partial charge in [0.15, 0.2) is 0 Å². The molecular weight excluding hydrogens is 300 g/mol. The number of rotatable bonds is 6. The van der Waals surface area contributed by atoms with Crippen LogP contribution in [0.5, 0.6) is 0 Å². The van der Waals surface area contributed by atoms with Crippen molar-refractivity contribution in [3.63, 3.8) is 0 Å². The molecule has 0 heterocycles. The molecule has 5 nitrogen and oxygen atoms in total. The molecule has 0 aliphatic rings. The first-order valence-corrected chi connectivity index (χ1v) is 8.94. The molecular formula is C16H26N2O3S. The van der Waals surface area contributed by atoms with Crippen LogP contribution < -0.4 is 10.0 Å². The van der Waals surface area contributed by atoms with Gasteiger partial charge in [-0.15, -0.1) is 0 Å². The smallest absolute Gasteiger partial charge is 0.240 e. The predicted octanol–water partition coefficient (Wildman–Crippen LogP) is 3.14. The molecule has 1 amide bonds. The van der Waals surface area contributed by atoms with Crippen LogP contribution in [0.1, 0.15) is 47.5 Å². The van der Waals surface area contributed by atoms with Crippen LogP contribution in [0, 0.1) is 5.41 Å². The van der Waals surface area contributed by atoms with Gasteiger partial charge in [-0.2, -0.15) is 0 Å². The Morgan fingerprint density at radius 1 is 1.18 bits per heavy atom. The Labute approximate surface area is 133 Å². The van der Waals surface area contributed by atoms with Gasteiger partial charge in [-0.3, -0.25) is 4.79 Å². The summed E-state index contributed by atoms with van der Waals surface area (Å²) in [7, 11) is -3.51. The molecule has 124 valence electrons. The molecule has 1 aromatic carbocycles. The molecule has 0 aliphatic heterocycles. The monoisotopic (exact) mass is 326 g/mol. The summed E-state index contributed by atoms with van der Waals surface area (Å²) in [5.74, 6) is -0.0826. The molecule has 1 unspecified atom stereocenters. The van der Waals surface area contributed by atoms with Gasteiger partial charge in [-0.1, -0.05) is 27.7 Å². The van der Waals surface area contributed by atoms with Gasteiger partial charge in [0.05, 0.1) is 4.90 Å². The van der Waals surface area contributed by atoms with Crippen LogP contribution in [0.2, 0.25) is 0 Å². The summed E-state index contributed by atoms with van der Waals surface area (Å²) in [6.07, 6.45) is 1.13. The third-order valence-corrected chi connectivity index (χ3v) is 4.71. The molecule has 0 saturated heterocycles. The average molecular weight is 326 g/mol. The quantitative estimate of drug-likeness (QED) is 0.843. The topological polar surface area (TPSA) is 75.3 Å². The second kappa shape index (κ2) is 7.24. The van der Waals surface area contributed by atoms with E-state index in [1.54, 1.807) is 12.1 Å². The highest BCUT2D eigenvalue weighted by atomic mass is 32.2. The van der Waals surface area contributed by atoms with Gasteiger partial charge >= 0.3 is 0 Å².